The van der Waals surface area contributed by atoms with Gasteiger partial charge in [-0.1, -0.05) is 0 Å². The molecule has 1 aromatic rings. The van der Waals surface area contributed by atoms with Crippen LogP contribution < -0.4 is 10.2 Å². The molecule has 2 aliphatic rings. The van der Waals surface area contributed by atoms with E-state index in [0.717, 1.165) is 25.2 Å². The zero-order valence-electron chi connectivity index (χ0n) is 13.3. The van der Waals surface area contributed by atoms with Gasteiger partial charge in [0.25, 0.3) is 0 Å². The van der Waals surface area contributed by atoms with Crippen molar-refractivity contribution in [1.82, 2.24) is 15.5 Å². The summed E-state index contributed by atoms with van der Waals surface area (Å²) in [5.74, 6) is 0.767. The zero-order valence-corrected chi connectivity index (χ0v) is 13.3. The molecule has 22 heavy (non-hydrogen) atoms. The molecule has 2 aliphatic heterocycles. The number of hydrogen-bond donors (Lipinski definition) is 1. The number of ether oxygens (including phenoxy) is 1. The Kier molecular flexibility index (Phi) is 4.88. The number of aromatic nitrogens is 2. The fourth-order valence-electron chi connectivity index (χ4n) is 3.65. The van der Waals surface area contributed by atoms with Gasteiger partial charge >= 0.3 is 0 Å². The molecule has 6 heteroatoms. The van der Waals surface area contributed by atoms with E-state index in [1.807, 2.05) is 17.0 Å². The third-order valence-corrected chi connectivity index (χ3v) is 4.56. The van der Waals surface area contributed by atoms with Gasteiger partial charge in [-0.2, -0.15) is 5.10 Å². The Bertz CT molecular complexity index is 464. The largest absolute Gasteiger partial charge is 0.375 e. The molecule has 0 radical (unpaired) electrons. The maximum Gasteiger partial charge on any atom is 0.151 e. The van der Waals surface area contributed by atoms with E-state index in [4.69, 9.17) is 4.74 Å². The number of nitrogens with zero attached hydrogens (tertiary/aromatic N) is 3. The minimum absolute atomic E-state index is 0.139. The lowest BCUT2D eigenvalue weighted by Crippen LogP contribution is -2.46. The highest BCUT2D eigenvalue weighted by atomic mass is 19.1. The van der Waals surface area contributed by atoms with Crippen molar-refractivity contribution in [3.8, 4) is 0 Å². The predicted molar refractivity (Wildman–Crippen MR) is 83.7 cm³/mol. The Morgan fingerprint density at radius 2 is 2.09 bits per heavy atom. The molecule has 5 atom stereocenters. The topological polar surface area (TPSA) is 50.3 Å². The highest BCUT2D eigenvalue weighted by Gasteiger charge is 2.34. The van der Waals surface area contributed by atoms with E-state index in [1.165, 1.54) is 0 Å². The number of nitrogens with one attached hydrogen (secondary N) is 1. The zero-order chi connectivity index (χ0) is 15.5. The molecule has 5 nitrogen and oxygen atoms in total. The van der Waals surface area contributed by atoms with Gasteiger partial charge in [0.05, 0.1) is 18.8 Å². The molecule has 122 valence electrons. The van der Waals surface area contributed by atoms with Crippen LogP contribution in [-0.2, 0) is 4.74 Å². The minimum atomic E-state index is -0.790. The quantitative estimate of drug-likeness (QED) is 0.921. The van der Waals surface area contributed by atoms with Crippen molar-refractivity contribution < 1.29 is 9.13 Å². The van der Waals surface area contributed by atoms with Crippen molar-refractivity contribution in [3.63, 3.8) is 0 Å². The number of rotatable bonds is 4. The first kappa shape index (κ1) is 15.6. The van der Waals surface area contributed by atoms with Crippen molar-refractivity contribution >= 4 is 5.82 Å². The monoisotopic (exact) mass is 308 g/mol. The first-order valence-electron chi connectivity index (χ1n) is 8.19. The molecule has 0 aromatic carbocycles. The van der Waals surface area contributed by atoms with Gasteiger partial charge in [-0.05, 0) is 38.8 Å². The maximum atomic E-state index is 13.9. The van der Waals surface area contributed by atoms with Crippen LogP contribution in [0.3, 0.4) is 0 Å². The predicted octanol–water partition coefficient (Wildman–Crippen LogP) is 1.94. The Balaban J connectivity index is 1.58. The molecule has 0 spiro atoms. The van der Waals surface area contributed by atoms with Gasteiger partial charge in [0, 0.05) is 31.2 Å². The van der Waals surface area contributed by atoms with Gasteiger partial charge in [-0.15, -0.1) is 5.10 Å². The van der Waals surface area contributed by atoms with Gasteiger partial charge in [0.2, 0.25) is 0 Å². The van der Waals surface area contributed by atoms with Crippen LogP contribution in [0, 0.1) is 0 Å². The van der Waals surface area contributed by atoms with Gasteiger partial charge < -0.3 is 15.0 Å². The van der Waals surface area contributed by atoms with Gasteiger partial charge in [-0.25, -0.2) is 4.39 Å². The molecule has 3 rings (SSSR count). The molecule has 1 N–H and O–H groups in total. The third-order valence-electron chi connectivity index (χ3n) is 4.56. The molecular weight excluding hydrogens is 283 g/mol. The lowest BCUT2D eigenvalue weighted by molar-refractivity contribution is -0.0421. The van der Waals surface area contributed by atoms with Crippen LogP contribution >= 0.6 is 0 Å². The molecule has 1 unspecified atom stereocenters. The Hall–Kier alpha value is -1.27. The summed E-state index contributed by atoms with van der Waals surface area (Å²) in [6, 6.07) is 4.33. The molecular formula is C16H25FN4O. The standard InChI is InChI=1S/C16H25FN4O/c1-11-6-14(7-12(2)22-11)18-9-15-8-13(17)10-21(15)16-4-3-5-19-20-16/h3-5,11-15,18H,6-10H2,1-2H3/t11-,12+,13-,14?,15-/m0/s1. The molecule has 0 amide bonds. The maximum absolute atomic E-state index is 13.9. The van der Waals surface area contributed by atoms with Crippen molar-refractivity contribution in [2.45, 2.75) is 63.6 Å². The van der Waals surface area contributed by atoms with Crippen LogP contribution in [0.15, 0.2) is 18.3 Å². The molecule has 2 saturated heterocycles. The van der Waals surface area contributed by atoms with Crippen LogP contribution in [-0.4, -0.2) is 53.8 Å². The lowest BCUT2D eigenvalue weighted by atomic mass is 9.99. The number of halogens is 1. The summed E-state index contributed by atoms with van der Waals surface area (Å²) in [7, 11) is 0. The van der Waals surface area contributed by atoms with E-state index in [9.17, 15) is 4.39 Å². The Morgan fingerprint density at radius 1 is 1.32 bits per heavy atom. The summed E-state index contributed by atoms with van der Waals surface area (Å²) in [6.45, 7) is 5.42. The van der Waals surface area contributed by atoms with Crippen LogP contribution in [0.1, 0.15) is 33.1 Å². The Morgan fingerprint density at radius 3 is 2.77 bits per heavy atom. The van der Waals surface area contributed by atoms with E-state index in [0.29, 0.717) is 19.0 Å². The first-order valence-corrected chi connectivity index (χ1v) is 8.19. The third kappa shape index (κ3) is 3.73. The SMILES string of the molecule is C[C@@H]1CC(NC[C@@H]2C[C@H](F)CN2c2cccnn2)C[C@H](C)O1. The van der Waals surface area contributed by atoms with Crippen molar-refractivity contribution in [3.05, 3.63) is 18.3 Å². The number of hydrogen-bond acceptors (Lipinski definition) is 5. The summed E-state index contributed by atoms with van der Waals surface area (Å²) in [4.78, 5) is 2.04. The summed E-state index contributed by atoms with van der Waals surface area (Å²) in [5.41, 5.74) is 0. The van der Waals surface area contributed by atoms with Gasteiger partial charge in [-0.3, -0.25) is 0 Å². The fraction of sp³-hybridized carbons (Fsp3) is 0.750. The highest BCUT2D eigenvalue weighted by Crippen LogP contribution is 2.26. The van der Waals surface area contributed by atoms with Crippen molar-refractivity contribution in [2.24, 2.45) is 0 Å². The molecule has 0 saturated carbocycles. The number of anilines is 1. The summed E-state index contributed by atoms with van der Waals surface area (Å²) in [5, 5.41) is 11.6. The van der Waals surface area contributed by atoms with Crippen LogP contribution in [0.5, 0.6) is 0 Å². The molecule has 2 fully saturated rings. The van der Waals surface area contributed by atoms with Crippen LogP contribution in [0.25, 0.3) is 0 Å². The number of alkyl halides is 1. The average Bonchev–Trinajstić information content (AvgIpc) is 2.86. The summed E-state index contributed by atoms with van der Waals surface area (Å²) >= 11 is 0. The van der Waals surface area contributed by atoms with E-state index in [2.05, 4.69) is 29.4 Å². The van der Waals surface area contributed by atoms with Crippen LogP contribution in [0.2, 0.25) is 0 Å². The normalized spacial score (nSPS) is 35.8. The van der Waals surface area contributed by atoms with E-state index in [-0.39, 0.29) is 18.2 Å². The van der Waals surface area contributed by atoms with Crippen LogP contribution in [0.4, 0.5) is 10.2 Å². The first-order chi connectivity index (χ1) is 10.6. The summed E-state index contributed by atoms with van der Waals surface area (Å²) < 4.78 is 19.6. The second-order valence-corrected chi connectivity index (χ2v) is 6.55. The molecule has 0 aliphatic carbocycles. The van der Waals surface area contributed by atoms with E-state index < -0.39 is 6.17 Å². The minimum Gasteiger partial charge on any atom is -0.375 e. The Labute approximate surface area is 131 Å². The van der Waals surface area contributed by atoms with Gasteiger partial charge in [0.1, 0.15) is 6.17 Å². The molecule has 3 heterocycles. The van der Waals surface area contributed by atoms with Crippen molar-refractivity contribution in [1.29, 1.82) is 0 Å². The highest BCUT2D eigenvalue weighted by molar-refractivity contribution is 5.40. The molecule has 1 aromatic heterocycles. The smallest absolute Gasteiger partial charge is 0.151 e. The average molecular weight is 308 g/mol. The second kappa shape index (κ2) is 6.87. The van der Waals surface area contributed by atoms with Crippen molar-refractivity contribution in [2.75, 3.05) is 18.0 Å². The summed E-state index contributed by atoms with van der Waals surface area (Å²) in [6.07, 6.45) is 4.01. The molecule has 0 bridgehead atoms. The van der Waals surface area contributed by atoms with E-state index >= 15 is 0 Å². The van der Waals surface area contributed by atoms with Gasteiger partial charge in [0.15, 0.2) is 5.82 Å². The lowest BCUT2D eigenvalue weighted by Gasteiger charge is -2.34. The fourth-order valence-corrected chi connectivity index (χ4v) is 3.65. The van der Waals surface area contributed by atoms with E-state index in [1.54, 1.807) is 6.20 Å². The second-order valence-electron chi connectivity index (χ2n) is 6.55.